The molecule has 0 bridgehead atoms. The second kappa shape index (κ2) is 7.03. The molecule has 1 aromatic rings. The number of rotatable bonds is 4. The number of aromatic hydroxyl groups is 1. The largest absolute Gasteiger partial charge is 0.504 e. The van der Waals surface area contributed by atoms with Gasteiger partial charge in [-0.2, -0.15) is 0 Å². The van der Waals surface area contributed by atoms with Crippen LogP contribution >= 0.6 is 0 Å². The Bertz CT molecular complexity index is 465. The highest BCUT2D eigenvalue weighted by Gasteiger charge is 2.11. The van der Waals surface area contributed by atoms with E-state index in [2.05, 4.69) is 36.4 Å². The predicted molar refractivity (Wildman–Crippen MR) is 82.4 cm³/mol. The minimum atomic E-state index is -0.0525. The van der Waals surface area contributed by atoms with E-state index in [0.29, 0.717) is 12.3 Å². The van der Waals surface area contributed by atoms with Gasteiger partial charge in [-0.1, -0.05) is 6.07 Å². The average molecular weight is 279 g/mol. The van der Waals surface area contributed by atoms with Crippen molar-refractivity contribution in [2.24, 2.45) is 4.99 Å². The zero-order valence-electron chi connectivity index (χ0n) is 12.9. The Morgan fingerprint density at radius 1 is 1.35 bits per heavy atom. The minimum Gasteiger partial charge on any atom is -0.504 e. The van der Waals surface area contributed by atoms with E-state index in [0.717, 1.165) is 18.1 Å². The summed E-state index contributed by atoms with van der Waals surface area (Å²) in [6, 6.07) is 5.30. The second-order valence-corrected chi connectivity index (χ2v) is 5.58. The molecule has 20 heavy (non-hydrogen) atoms. The zero-order valence-corrected chi connectivity index (χ0v) is 12.9. The Hall–Kier alpha value is -1.91. The summed E-state index contributed by atoms with van der Waals surface area (Å²) in [5, 5.41) is 16.3. The molecule has 0 fully saturated rings. The van der Waals surface area contributed by atoms with Gasteiger partial charge in [-0.3, -0.25) is 0 Å². The second-order valence-electron chi connectivity index (χ2n) is 5.58. The monoisotopic (exact) mass is 279 g/mol. The first-order valence-electron chi connectivity index (χ1n) is 6.78. The number of guanidine groups is 1. The van der Waals surface area contributed by atoms with E-state index in [1.165, 1.54) is 7.11 Å². The summed E-state index contributed by atoms with van der Waals surface area (Å²) >= 11 is 0. The molecule has 0 saturated heterocycles. The van der Waals surface area contributed by atoms with Crippen molar-refractivity contribution < 1.29 is 9.84 Å². The van der Waals surface area contributed by atoms with Crippen LogP contribution < -0.4 is 15.4 Å². The molecule has 1 aromatic carbocycles. The van der Waals surface area contributed by atoms with Crippen LogP contribution in [0.2, 0.25) is 0 Å². The molecule has 0 aromatic heterocycles. The van der Waals surface area contributed by atoms with Crippen molar-refractivity contribution in [3.8, 4) is 11.5 Å². The van der Waals surface area contributed by atoms with Gasteiger partial charge in [0, 0.05) is 12.1 Å². The molecule has 0 aliphatic rings. The number of ether oxygens (including phenoxy) is 1. The van der Waals surface area contributed by atoms with E-state index in [9.17, 15) is 5.11 Å². The number of hydrogen-bond acceptors (Lipinski definition) is 3. The molecule has 5 heteroatoms. The van der Waals surface area contributed by atoms with Crippen molar-refractivity contribution in [2.45, 2.75) is 39.8 Å². The van der Waals surface area contributed by atoms with E-state index in [1.54, 1.807) is 12.1 Å². The van der Waals surface area contributed by atoms with Crippen molar-refractivity contribution in [2.75, 3.05) is 13.7 Å². The molecule has 0 atom stereocenters. The Balaban J connectivity index is 2.78. The van der Waals surface area contributed by atoms with Gasteiger partial charge < -0.3 is 20.5 Å². The Morgan fingerprint density at radius 2 is 2.05 bits per heavy atom. The summed E-state index contributed by atoms with van der Waals surface area (Å²) in [6.07, 6.45) is 0. The van der Waals surface area contributed by atoms with Crippen molar-refractivity contribution in [3.05, 3.63) is 23.8 Å². The summed E-state index contributed by atoms with van der Waals surface area (Å²) in [5.74, 6) is 1.36. The van der Waals surface area contributed by atoms with Gasteiger partial charge in [-0.05, 0) is 45.4 Å². The topological polar surface area (TPSA) is 65.9 Å². The van der Waals surface area contributed by atoms with Gasteiger partial charge >= 0.3 is 0 Å². The standard InChI is InChI=1S/C15H25N3O2/c1-6-16-14(18-15(2,3)4)17-10-11-7-8-13(20-5)12(19)9-11/h7-9,19H,6,10H2,1-5H3,(H2,16,17,18). The lowest BCUT2D eigenvalue weighted by Crippen LogP contribution is -2.47. The SMILES string of the molecule is CCNC(=NCc1ccc(OC)c(O)c1)NC(C)(C)C. The zero-order chi connectivity index (χ0) is 15.2. The molecule has 1 rings (SSSR count). The summed E-state index contributed by atoms with van der Waals surface area (Å²) in [6.45, 7) is 9.56. The maximum atomic E-state index is 9.74. The Kier molecular flexibility index (Phi) is 5.67. The van der Waals surface area contributed by atoms with Gasteiger partial charge in [0.1, 0.15) is 0 Å². The fraction of sp³-hybridized carbons (Fsp3) is 0.533. The van der Waals surface area contributed by atoms with Gasteiger partial charge in [0.2, 0.25) is 0 Å². The summed E-state index contributed by atoms with van der Waals surface area (Å²) < 4.78 is 5.02. The van der Waals surface area contributed by atoms with Crippen LogP contribution in [0.1, 0.15) is 33.3 Å². The lowest BCUT2D eigenvalue weighted by molar-refractivity contribution is 0.373. The molecule has 0 radical (unpaired) electrons. The smallest absolute Gasteiger partial charge is 0.191 e. The van der Waals surface area contributed by atoms with Gasteiger partial charge in [0.15, 0.2) is 17.5 Å². The van der Waals surface area contributed by atoms with Gasteiger partial charge in [-0.15, -0.1) is 0 Å². The minimum absolute atomic E-state index is 0.0525. The van der Waals surface area contributed by atoms with E-state index in [4.69, 9.17) is 4.74 Å². The predicted octanol–water partition coefficient (Wildman–Crippen LogP) is 2.25. The van der Waals surface area contributed by atoms with E-state index in [-0.39, 0.29) is 11.3 Å². The van der Waals surface area contributed by atoms with Crippen LogP contribution in [-0.2, 0) is 6.54 Å². The fourth-order valence-corrected chi connectivity index (χ4v) is 1.67. The van der Waals surface area contributed by atoms with E-state index < -0.39 is 0 Å². The van der Waals surface area contributed by atoms with Crippen LogP contribution in [0.5, 0.6) is 11.5 Å². The van der Waals surface area contributed by atoms with Crippen molar-refractivity contribution >= 4 is 5.96 Å². The van der Waals surface area contributed by atoms with Crippen LogP contribution in [0.3, 0.4) is 0 Å². The molecule has 3 N–H and O–H groups in total. The van der Waals surface area contributed by atoms with Crippen molar-refractivity contribution in [1.29, 1.82) is 0 Å². The number of nitrogens with zero attached hydrogens (tertiary/aromatic N) is 1. The number of aliphatic imine (C=N–C) groups is 1. The van der Waals surface area contributed by atoms with Crippen LogP contribution in [0, 0.1) is 0 Å². The first-order chi connectivity index (χ1) is 9.35. The molecule has 0 aliphatic heterocycles. The van der Waals surface area contributed by atoms with E-state index in [1.807, 2.05) is 13.0 Å². The molecule has 112 valence electrons. The normalized spacial score (nSPS) is 12.2. The maximum Gasteiger partial charge on any atom is 0.191 e. The Morgan fingerprint density at radius 3 is 2.55 bits per heavy atom. The summed E-state index contributed by atoms with van der Waals surface area (Å²) in [7, 11) is 1.53. The van der Waals surface area contributed by atoms with Crippen molar-refractivity contribution in [3.63, 3.8) is 0 Å². The average Bonchev–Trinajstić information content (AvgIpc) is 2.34. The third kappa shape index (κ3) is 5.38. The molecule has 0 heterocycles. The van der Waals surface area contributed by atoms with E-state index >= 15 is 0 Å². The van der Waals surface area contributed by atoms with Crippen LogP contribution in [0.25, 0.3) is 0 Å². The first-order valence-corrected chi connectivity index (χ1v) is 6.78. The number of phenols is 1. The van der Waals surface area contributed by atoms with Crippen LogP contribution in [0.15, 0.2) is 23.2 Å². The molecule has 0 saturated carbocycles. The molecular weight excluding hydrogens is 254 g/mol. The molecule has 0 unspecified atom stereocenters. The molecule has 5 nitrogen and oxygen atoms in total. The molecule has 0 amide bonds. The van der Waals surface area contributed by atoms with Gasteiger partial charge in [-0.25, -0.2) is 4.99 Å². The number of methoxy groups -OCH3 is 1. The third-order valence-corrected chi connectivity index (χ3v) is 2.50. The van der Waals surface area contributed by atoms with Crippen LogP contribution in [0.4, 0.5) is 0 Å². The lowest BCUT2D eigenvalue weighted by Gasteiger charge is -2.23. The number of hydrogen-bond donors (Lipinski definition) is 3. The Labute approximate surface area is 121 Å². The number of phenolic OH excluding ortho intramolecular Hbond substituents is 1. The van der Waals surface area contributed by atoms with Gasteiger partial charge in [0.25, 0.3) is 0 Å². The maximum absolute atomic E-state index is 9.74. The van der Waals surface area contributed by atoms with Gasteiger partial charge in [0.05, 0.1) is 13.7 Å². The molecule has 0 spiro atoms. The highest BCUT2D eigenvalue weighted by molar-refractivity contribution is 5.80. The lowest BCUT2D eigenvalue weighted by atomic mass is 10.1. The number of nitrogens with one attached hydrogen (secondary N) is 2. The fourth-order valence-electron chi connectivity index (χ4n) is 1.67. The van der Waals surface area contributed by atoms with Crippen molar-refractivity contribution in [1.82, 2.24) is 10.6 Å². The highest BCUT2D eigenvalue weighted by Crippen LogP contribution is 2.26. The molecule has 0 aliphatic carbocycles. The number of benzene rings is 1. The highest BCUT2D eigenvalue weighted by atomic mass is 16.5. The summed E-state index contributed by atoms with van der Waals surface area (Å²) in [5.41, 5.74) is 0.873. The summed E-state index contributed by atoms with van der Waals surface area (Å²) in [4.78, 5) is 4.51. The molecular formula is C15H25N3O2. The quantitative estimate of drug-likeness (QED) is 0.584. The van der Waals surface area contributed by atoms with Crippen LogP contribution in [-0.4, -0.2) is 30.3 Å². The third-order valence-electron chi connectivity index (χ3n) is 2.50. The first kappa shape index (κ1) is 16.1.